The van der Waals surface area contributed by atoms with E-state index in [2.05, 4.69) is 0 Å². The highest BCUT2D eigenvalue weighted by atomic mass is 16.8. The van der Waals surface area contributed by atoms with Crippen molar-refractivity contribution in [3.05, 3.63) is 58.7 Å². The molecule has 0 spiro atoms. The number of ether oxygens (including phenoxy) is 12. The van der Waals surface area contributed by atoms with E-state index < -0.39 is 121 Å². The van der Waals surface area contributed by atoms with Crippen LogP contribution in [0, 0.1) is 13.8 Å². The minimum absolute atomic E-state index is 0.280. The molecule has 360 valence electrons. The Balaban J connectivity index is 1.62. The smallest absolute Gasteiger partial charge is 0.303 e. The van der Waals surface area contributed by atoms with Crippen LogP contribution in [0.3, 0.4) is 0 Å². The quantitative estimate of drug-likeness (QED) is 0.130. The first kappa shape index (κ1) is 52.1. The summed E-state index contributed by atoms with van der Waals surface area (Å²) in [4.78, 5) is 97.6. The second-order valence-electron chi connectivity index (χ2n) is 16.0. The van der Waals surface area contributed by atoms with E-state index in [1.54, 1.807) is 50.2 Å². The maximum absolute atomic E-state index is 12.5. The van der Waals surface area contributed by atoms with Gasteiger partial charge in [0.05, 0.1) is 0 Å². The van der Waals surface area contributed by atoms with Gasteiger partial charge in [0.25, 0.3) is 0 Å². The van der Waals surface area contributed by atoms with E-state index in [1.807, 2.05) is 12.2 Å². The lowest BCUT2D eigenvalue weighted by molar-refractivity contribution is -0.321. The van der Waals surface area contributed by atoms with Gasteiger partial charge in [0.2, 0.25) is 23.8 Å². The lowest BCUT2D eigenvalue weighted by atomic mass is 9.87. The zero-order valence-corrected chi connectivity index (χ0v) is 38.8. The number of hydrogen-bond donors (Lipinski definition) is 0. The van der Waals surface area contributed by atoms with Crippen LogP contribution in [0.25, 0.3) is 12.2 Å². The topological polar surface area (TPSA) is 247 Å². The van der Waals surface area contributed by atoms with Crippen LogP contribution in [-0.2, 0) is 85.7 Å². The minimum atomic E-state index is -1.88. The highest BCUT2D eigenvalue weighted by Crippen LogP contribution is 2.41. The van der Waals surface area contributed by atoms with Gasteiger partial charge in [-0.25, -0.2) is 0 Å². The standard InChI is InChI=1S/C46H56O20/c1-23-19-33(15-17-35(23)61-43-45(11,65-31(9)53)41(59-29(7)51)39(57-27(5)49)37(63-43)21-55-25(3)47)13-14-34-16-18-36(24(2)20-34)62-44-46(12,66-32(10)54)42(60-30(8)52)40(58-28(6)50)38(64-44)22-56-26(4)48/h13-20,37-44H,21-22H2,1-12H3/t37-,38-,39-,40-,41+,42+,43+,44+,45+,46+/m1/s1. The van der Waals surface area contributed by atoms with E-state index in [4.69, 9.17) is 56.8 Å². The molecule has 2 aromatic carbocycles. The lowest BCUT2D eigenvalue weighted by Crippen LogP contribution is -2.70. The number of hydrogen-bond acceptors (Lipinski definition) is 20. The number of carbonyl (C=O) groups is 8. The van der Waals surface area contributed by atoms with Crippen LogP contribution in [0.5, 0.6) is 11.5 Å². The van der Waals surface area contributed by atoms with Crippen molar-refractivity contribution in [2.45, 2.75) is 143 Å². The van der Waals surface area contributed by atoms with E-state index in [0.29, 0.717) is 11.1 Å². The fraction of sp³-hybridized carbons (Fsp3) is 0.522. The van der Waals surface area contributed by atoms with Gasteiger partial charge in [0.1, 0.15) is 36.9 Å². The average Bonchev–Trinajstić information content (AvgIpc) is 3.18. The first-order chi connectivity index (χ1) is 30.8. The van der Waals surface area contributed by atoms with Gasteiger partial charge in [0, 0.05) is 55.4 Å². The molecule has 0 aromatic heterocycles. The predicted molar refractivity (Wildman–Crippen MR) is 226 cm³/mol. The zero-order chi connectivity index (χ0) is 49.3. The summed E-state index contributed by atoms with van der Waals surface area (Å²) in [5, 5.41) is 0. The number of benzene rings is 2. The Kier molecular flexibility index (Phi) is 17.4. The van der Waals surface area contributed by atoms with Crippen LogP contribution in [0.1, 0.15) is 91.5 Å². The molecule has 0 saturated carbocycles. The van der Waals surface area contributed by atoms with Crippen LogP contribution in [0.4, 0.5) is 0 Å². The summed E-state index contributed by atoms with van der Waals surface area (Å²) in [6, 6.07) is 10.4. The van der Waals surface area contributed by atoms with Crippen molar-refractivity contribution in [1.82, 2.24) is 0 Å². The molecule has 20 heteroatoms. The van der Waals surface area contributed by atoms with Crippen molar-refractivity contribution in [2.24, 2.45) is 0 Å². The summed E-state index contributed by atoms with van der Waals surface area (Å²) < 4.78 is 68.9. The molecule has 10 atom stereocenters. The van der Waals surface area contributed by atoms with Gasteiger partial charge < -0.3 is 56.8 Å². The van der Waals surface area contributed by atoms with Crippen LogP contribution in [0.2, 0.25) is 0 Å². The molecule has 2 fully saturated rings. The number of rotatable bonds is 16. The van der Waals surface area contributed by atoms with Gasteiger partial charge in [-0.1, -0.05) is 24.3 Å². The summed E-state index contributed by atoms with van der Waals surface area (Å²) in [6.45, 7) is 14.6. The van der Waals surface area contributed by atoms with Crippen LogP contribution in [-0.4, -0.2) is 121 Å². The van der Waals surface area contributed by atoms with E-state index >= 15 is 0 Å². The minimum Gasteiger partial charge on any atom is -0.463 e. The lowest BCUT2D eigenvalue weighted by Gasteiger charge is -2.49. The third-order valence-electron chi connectivity index (χ3n) is 10.1. The molecule has 2 heterocycles. The Hall–Kier alpha value is -6.54. The molecular formula is C46H56O20. The Morgan fingerprint density at radius 3 is 1.11 bits per heavy atom. The third-order valence-corrected chi connectivity index (χ3v) is 10.1. The Morgan fingerprint density at radius 2 is 0.833 bits per heavy atom. The normalized spacial score (nSPS) is 27.0. The monoisotopic (exact) mass is 928 g/mol. The first-order valence-electron chi connectivity index (χ1n) is 20.7. The van der Waals surface area contributed by atoms with Crippen molar-refractivity contribution in [3.63, 3.8) is 0 Å². The average molecular weight is 929 g/mol. The molecule has 66 heavy (non-hydrogen) atoms. The first-order valence-corrected chi connectivity index (χ1v) is 20.7. The molecular weight excluding hydrogens is 872 g/mol. The Morgan fingerprint density at radius 1 is 0.500 bits per heavy atom. The SMILES string of the molecule is CC(=O)OC[C@H]1O[C@H](Oc2ccc(C=Cc3ccc(O[C@H]4O[C@H](COC(C)=O)[C@@H](OC(C)=O)[C@H](OC(C)=O)[C@]4(C)OC(C)=O)c(C)c3)cc2C)[C@@](C)(OC(C)=O)[C@@H](OC(C)=O)[C@@H]1OC(C)=O. The maximum Gasteiger partial charge on any atom is 0.303 e. The van der Waals surface area contributed by atoms with E-state index in [-0.39, 0.29) is 11.5 Å². The van der Waals surface area contributed by atoms with Crippen molar-refractivity contribution >= 4 is 59.9 Å². The van der Waals surface area contributed by atoms with E-state index in [9.17, 15) is 38.4 Å². The maximum atomic E-state index is 12.5. The highest BCUT2D eigenvalue weighted by Gasteiger charge is 2.63. The zero-order valence-electron chi connectivity index (χ0n) is 38.8. The van der Waals surface area contributed by atoms with Gasteiger partial charge in [0.15, 0.2) is 24.4 Å². The van der Waals surface area contributed by atoms with Crippen molar-refractivity contribution < 1.29 is 95.2 Å². The van der Waals surface area contributed by atoms with Gasteiger partial charge in [-0.3, -0.25) is 38.4 Å². The summed E-state index contributed by atoms with van der Waals surface area (Å²) >= 11 is 0. The fourth-order valence-electron chi connectivity index (χ4n) is 7.47. The molecule has 0 N–H and O–H groups in total. The summed E-state index contributed by atoms with van der Waals surface area (Å²) in [7, 11) is 0. The highest BCUT2D eigenvalue weighted by molar-refractivity contribution is 5.72. The number of carbonyl (C=O) groups excluding carboxylic acids is 8. The Bertz CT molecular complexity index is 2050. The molecule has 0 radical (unpaired) electrons. The van der Waals surface area contributed by atoms with Gasteiger partial charge in [-0.15, -0.1) is 0 Å². The molecule has 2 aromatic rings. The van der Waals surface area contributed by atoms with Crippen molar-refractivity contribution in [2.75, 3.05) is 13.2 Å². The summed E-state index contributed by atoms with van der Waals surface area (Å²) in [6.07, 6.45) is -7.40. The van der Waals surface area contributed by atoms with Crippen LogP contribution < -0.4 is 9.47 Å². The molecule has 2 aliphatic heterocycles. The van der Waals surface area contributed by atoms with Crippen LogP contribution in [0.15, 0.2) is 36.4 Å². The van der Waals surface area contributed by atoms with Crippen LogP contribution >= 0.6 is 0 Å². The molecule has 2 aliphatic rings. The molecule has 4 rings (SSSR count). The number of aryl methyl sites for hydroxylation is 2. The molecule has 0 bridgehead atoms. The van der Waals surface area contributed by atoms with Crippen molar-refractivity contribution in [1.29, 1.82) is 0 Å². The van der Waals surface area contributed by atoms with Gasteiger partial charge in [-0.2, -0.15) is 0 Å². The van der Waals surface area contributed by atoms with Gasteiger partial charge >= 0.3 is 47.8 Å². The van der Waals surface area contributed by atoms with E-state index in [1.165, 1.54) is 27.7 Å². The largest absolute Gasteiger partial charge is 0.463 e. The van der Waals surface area contributed by atoms with E-state index in [0.717, 1.165) is 52.7 Å². The summed E-state index contributed by atoms with van der Waals surface area (Å²) in [5.74, 6) is -5.44. The Labute approximate surface area is 381 Å². The fourth-order valence-corrected chi connectivity index (χ4v) is 7.47. The second kappa shape index (κ2) is 22.1. The van der Waals surface area contributed by atoms with Gasteiger partial charge in [-0.05, 0) is 74.2 Å². The second-order valence-corrected chi connectivity index (χ2v) is 16.0. The predicted octanol–water partition coefficient (Wildman–Crippen LogP) is 4.18. The third kappa shape index (κ3) is 13.5. The summed E-state index contributed by atoms with van der Waals surface area (Å²) in [5.41, 5.74) is -1.09. The van der Waals surface area contributed by atoms with Crippen molar-refractivity contribution in [3.8, 4) is 11.5 Å². The molecule has 0 aliphatic carbocycles. The molecule has 0 amide bonds. The number of esters is 8. The molecule has 20 nitrogen and oxygen atoms in total. The molecule has 0 unspecified atom stereocenters. The molecule has 2 saturated heterocycles.